The van der Waals surface area contributed by atoms with Gasteiger partial charge in [-0.05, 0) is 6.54 Å². The van der Waals surface area contributed by atoms with E-state index in [1.54, 1.807) is 0 Å². The number of hydrogen-bond acceptors (Lipinski definition) is 3. The summed E-state index contributed by atoms with van der Waals surface area (Å²) in [5.74, 6) is -0.299. The van der Waals surface area contributed by atoms with E-state index in [9.17, 15) is 4.79 Å². The molecule has 0 bridgehead atoms. The number of esters is 1. The molecule has 0 aliphatic heterocycles. The number of ether oxygens (including phenoxy) is 1. The summed E-state index contributed by atoms with van der Waals surface area (Å²) in [5, 5.41) is 2.81. The van der Waals surface area contributed by atoms with Crippen LogP contribution >= 0.6 is 0 Å². The van der Waals surface area contributed by atoms with E-state index >= 15 is 0 Å². The van der Waals surface area contributed by atoms with E-state index in [4.69, 9.17) is 0 Å². The summed E-state index contributed by atoms with van der Waals surface area (Å²) in [6.07, 6.45) is 1.12. The summed E-state index contributed by atoms with van der Waals surface area (Å²) in [5.41, 5.74) is 0. The van der Waals surface area contributed by atoms with Crippen LogP contribution in [0.1, 0.15) is 6.92 Å². The molecule has 0 aromatic rings. The van der Waals surface area contributed by atoms with E-state index in [1.165, 1.54) is 0 Å². The minimum atomic E-state index is -0.299. The zero-order chi connectivity index (χ0) is 7.11. The molecule has 0 radical (unpaired) electrons. The summed E-state index contributed by atoms with van der Waals surface area (Å²) < 4.78 is 4.41. The number of carbonyl (C=O) groups excluding carboxylic acids is 1. The number of nitrogens with one attached hydrogen (secondary N) is 1. The van der Waals surface area contributed by atoms with E-state index in [2.05, 4.69) is 16.6 Å². The van der Waals surface area contributed by atoms with Gasteiger partial charge in [0.25, 0.3) is 0 Å². The first-order valence-electron chi connectivity index (χ1n) is 2.82. The Balaban J connectivity index is 3.16. The second-order valence-corrected chi connectivity index (χ2v) is 1.44. The van der Waals surface area contributed by atoms with Crippen molar-refractivity contribution < 1.29 is 9.53 Å². The molecule has 0 fully saturated rings. The first-order chi connectivity index (χ1) is 4.31. The van der Waals surface area contributed by atoms with Crippen LogP contribution in [0.5, 0.6) is 0 Å². The molecule has 0 amide bonds. The second-order valence-electron chi connectivity index (χ2n) is 1.44. The zero-order valence-electron chi connectivity index (χ0n) is 5.52. The van der Waals surface area contributed by atoms with E-state index in [0.29, 0.717) is 0 Å². The van der Waals surface area contributed by atoms with Gasteiger partial charge in [-0.15, -0.1) is 0 Å². The molecule has 0 spiro atoms. The summed E-state index contributed by atoms with van der Waals surface area (Å²) in [6, 6.07) is 0. The maximum Gasteiger partial charge on any atom is 0.324 e. The Morgan fingerprint density at radius 1 is 1.89 bits per heavy atom. The van der Waals surface area contributed by atoms with Crippen molar-refractivity contribution in [3.8, 4) is 0 Å². The standard InChI is InChI=1S/C6H11NO2/c1-3-7-5-6(8)9-4-2/h4,7H,2-3,5H2,1H3. The lowest BCUT2D eigenvalue weighted by molar-refractivity contribution is -0.136. The molecule has 0 saturated carbocycles. The SMILES string of the molecule is C=COC(=O)CNCC. The molecule has 0 aliphatic carbocycles. The highest BCUT2D eigenvalue weighted by atomic mass is 16.5. The quantitative estimate of drug-likeness (QED) is 0.437. The molecule has 0 aromatic heterocycles. The van der Waals surface area contributed by atoms with Gasteiger partial charge in [-0.1, -0.05) is 13.5 Å². The molecule has 0 saturated heterocycles. The first kappa shape index (κ1) is 8.17. The maximum absolute atomic E-state index is 10.4. The van der Waals surface area contributed by atoms with E-state index < -0.39 is 0 Å². The van der Waals surface area contributed by atoms with Gasteiger partial charge in [0.2, 0.25) is 0 Å². The van der Waals surface area contributed by atoms with Gasteiger partial charge < -0.3 is 10.1 Å². The topological polar surface area (TPSA) is 38.3 Å². The van der Waals surface area contributed by atoms with Crippen LogP contribution in [-0.4, -0.2) is 19.1 Å². The van der Waals surface area contributed by atoms with Crippen molar-refractivity contribution in [3.05, 3.63) is 12.8 Å². The van der Waals surface area contributed by atoms with E-state index in [0.717, 1.165) is 12.8 Å². The fourth-order valence-corrected chi connectivity index (χ4v) is 0.362. The molecule has 0 unspecified atom stereocenters. The number of hydrogen-bond donors (Lipinski definition) is 1. The lowest BCUT2D eigenvalue weighted by Crippen LogP contribution is -2.22. The van der Waals surface area contributed by atoms with Crippen LogP contribution in [0, 0.1) is 0 Å². The molecular formula is C6H11NO2. The summed E-state index contributed by atoms with van der Waals surface area (Å²) in [7, 11) is 0. The van der Waals surface area contributed by atoms with Crippen molar-refractivity contribution in [2.45, 2.75) is 6.92 Å². The Hall–Kier alpha value is -0.830. The summed E-state index contributed by atoms with van der Waals surface area (Å²) in [4.78, 5) is 10.4. The maximum atomic E-state index is 10.4. The Morgan fingerprint density at radius 2 is 2.56 bits per heavy atom. The van der Waals surface area contributed by atoms with Gasteiger partial charge in [-0.3, -0.25) is 4.79 Å². The third-order valence-corrected chi connectivity index (χ3v) is 0.734. The second kappa shape index (κ2) is 5.31. The highest BCUT2D eigenvalue weighted by Gasteiger charge is 1.95. The summed E-state index contributed by atoms with van der Waals surface area (Å²) in [6.45, 7) is 6.18. The molecule has 3 nitrogen and oxygen atoms in total. The molecule has 1 N–H and O–H groups in total. The third kappa shape index (κ3) is 5.03. The van der Waals surface area contributed by atoms with Gasteiger partial charge in [-0.2, -0.15) is 0 Å². The highest BCUT2D eigenvalue weighted by molar-refractivity contribution is 5.72. The number of likely N-dealkylation sites (N-methyl/N-ethyl adjacent to an activating group) is 1. The molecular weight excluding hydrogens is 118 g/mol. The Morgan fingerprint density at radius 3 is 3.00 bits per heavy atom. The third-order valence-electron chi connectivity index (χ3n) is 0.734. The van der Waals surface area contributed by atoms with Crippen molar-refractivity contribution in [3.63, 3.8) is 0 Å². The molecule has 0 atom stereocenters. The zero-order valence-corrected chi connectivity index (χ0v) is 5.52. The van der Waals surface area contributed by atoms with Crippen LogP contribution in [0.15, 0.2) is 12.8 Å². The average Bonchev–Trinajstić information content (AvgIpc) is 1.85. The van der Waals surface area contributed by atoms with E-state index in [-0.39, 0.29) is 12.5 Å². The molecule has 0 aliphatic rings. The predicted molar refractivity (Wildman–Crippen MR) is 34.8 cm³/mol. The fraction of sp³-hybridized carbons (Fsp3) is 0.500. The Labute approximate surface area is 54.7 Å². The molecule has 0 rings (SSSR count). The van der Waals surface area contributed by atoms with Crippen LogP contribution in [0.2, 0.25) is 0 Å². The largest absolute Gasteiger partial charge is 0.434 e. The van der Waals surface area contributed by atoms with Gasteiger partial charge in [0.05, 0.1) is 12.8 Å². The molecule has 3 heteroatoms. The smallest absolute Gasteiger partial charge is 0.324 e. The normalized spacial score (nSPS) is 8.56. The molecule has 9 heavy (non-hydrogen) atoms. The van der Waals surface area contributed by atoms with Crippen molar-refractivity contribution >= 4 is 5.97 Å². The molecule has 0 aromatic carbocycles. The van der Waals surface area contributed by atoms with Crippen LogP contribution in [0.3, 0.4) is 0 Å². The molecule has 0 heterocycles. The molecule has 52 valence electrons. The first-order valence-corrected chi connectivity index (χ1v) is 2.82. The average molecular weight is 129 g/mol. The highest BCUT2D eigenvalue weighted by Crippen LogP contribution is 1.74. The monoisotopic (exact) mass is 129 g/mol. The van der Waals surface area contributed by atoms with E-state index in [1.807, 2.05) is 6.92 Å². The number of rotatable bonds is 4. The van der Waals surface area contributed by atoms with Crippen LogP contribution < -0.4 is 5.32 Å². The predicted octanol–water partition coefficient (Wildman–Crippen LogP) is 0.283. The van der Waals surface area contributed by atoms with Gasteiger partial charge in [0.1, 0.15) is 0 Å². The fourth-order valence-electron chi connectivity index (χ4n) is 0.362. The summed E-state index contributed by atoms with van der Waals surface area (Å²) >= 11 is 0. The van der Waals surface area contributed by atoms with Crippen molar-refractivity contribution in [2.24, 2.45) is 0 Å². The van der Waals surface area contributed by atoms with Crippen molar-refractivity contribution in [1.29, 1.82) is 0 Å². The van der Waals surface area contributed by atoms with Gasteiger partial charge >= 0.3 is 5.97 Å². The lowest BCUT2D eigenvalue weighted by atomic mass is 10.6. The minimum absolute atomic E-state index is 0.252. The van der Waals surface area contributed by atoms with Gasteiger partial charge in [0, 0.05) is 0 Å². The Bertz CT molecular complexity index is 101. The minimum Gasteiger partial charge on any atom is -0.434 e. The van der Waals surface area contributed by atoms with Crippen molar-refractivity contribution in [1.82, 2.24) is 5.32 Å². The Kier molecular flexibility index (Phi) is 4.82. The lowest BCUT2D eigenvalue weighted by Gasteiger charge is -1.97. The van der Waals surface area contributed by atoms with Crippen LogP contribution in [0.4, 0.5) is 0 Å². The van der Waals surface area contributed by atoms with Gasteiger partial charge in [0.15, 0.2) is 0 Å². The number of carbonyl (C=O) groups is 1. The van der Waals surface area contributed by atoms with Gasteiger partial charge in [-0.25, -0.2) is 0 Å². The van der Waals surface area contributed by atoms with Crippen LogP contribution in [-0.2, 0) is 9.53 Å². The van der Waals surface area contributed by atoms with Crippen molar-refractivity contribution in [2.75, 3.05) is 13.1 Å². The van der Waals surface area contributed by atoms with Crippen LogP contribution in [0.25, 0.3) is 0 Å².